The molecule has 1 aromatic carbocycles. The molecule has 0 atom stereocenters. The summed E-state index contributed by atoms with van der Waals surface area (Å²) in [7, 11) is 0. The molecular weight excluding hydrogens is 476 g/mol. The fraction of sp³-hybridized carbons (Fsp3) is 0.722. The van der Waals surface area contributed by atoms with Gasteiger partial charge < -0.3 is 4.74 Å². The molecule has 0 N–H and O–H groups in total. The van der Waals surface area contributed by atoms with E-state index in [1.807, 2.05) is 12.4 Å². The summed E-state index contributed by atoms with van der Waals surface area (Å²) in [4.78, 5) is 9.26. The summed E-state index contributed by atoms with van der Waals surface area (Å²) < 4.78 is 6.07. The highest BCUT2D eigenvalue weighted by molar-refractivity contribution is 5.55. The van der Waals surface area contributed by atoms with Gasteiger partial charge in [0.25, 0.3) is 0 Å². The standard InChI is InChI=1S/C36H58N2O/c1-3-5-7-9-11-13-15-18-33-29-37-36(38-30-33)34-24-26-35(27-25-34)39-28-16-19-32-22-20-31(21-23-32)17-14-12-10-8-6-4-2/h24-27,29-32H,3-23,28H2,1-2H3/t31-,32-. The van der Waals surface area contributed by atoms with Gasteiger partial charge in [-0.15, -0.1) is 0 Å². The molecule has 1 heterocycles. The number of unbranched alkanes of at least 4 members (excludes halogenated alkanes) is 11. The fourth-order valence-corrected chi connectivity index (χ4v) is 6.20. The molecule has 0 amide bonds. The summed E-state index contributed by atoms with van der Waals surface area (Å²) in [6.07, 6.45) is 32.8. The number of hydrogen-bond donors (Lipinski definition) is 0. The van der Waals surface area contributed by atoms with Gasteiger partial charge in [-0.25, -0.2) is 9.97 Å². The Kier molecular flexibility index (Phi) is 16.3. The predicted molar refractivity (Wildman–Crippen MR) is 167 cm³/mol. The lowest BCUT2D eigenvalue weighted by molar-refractivity contribution is 0.228. The molecular formula is C36H58N2O. The third-order valence-electron chi connectivity index (χ3n) is 8.84. The molecule has 0 radical (unpaired) electrons. The van der Waals surface area contributed by atoms with Gasteiger partial charge >= 0.3 is 0 Å². The molecule has 0 unspecified atom stereocenters. The summed E-state index contributed by atoms with van der Waals surface area (Å²) in [5, 5.41) is 0. The Balaban J connectivity index is 1.24. The second kappa shape index (κ2) is 20.0. The van der Waals surface area contributed by atoms with E-state index in [0.717, 1.165) is 48.4 Å². The van der Waals surface area contributed by atoms with Gasteiger partial charge in [-0.05, 0) is 67.3 Å². The van der Waals surface area contributed by atoms with E-state index in [9.17, 15) is 0 Å². The zero-order chi connectivity index (χ0) is 27.4. The first kappa shape index (κ1) is 31.6. The summed E-state index contributed by atoms with van der Waals surface area (Å²) in [5.41, 5.74) is 2.31. The topological polar surface area (TPSA) is 35.0 Å². The van der Waals surface area contributed by atoms with Gasteiger partial charge in [0.15, 0.2) is 5.82 Å². The van der Waals surface area contributed by atoms with Crippen molar-refractivity contribution in [3.05, 3.63) is 42.2 Å². The molecule has 3 rings (SSSR count). The van der Waals surface area contributed by atoms with E-state index in [1.165, 1.54) is 128 Å². The van der Waals surface area contributed by atoms with Crippen molar-refractivity contribution in [1.29, 1.82) is 0 Å². The molecule has 1 aliphatic carbocycles. The van der Waals surface area contributed by atoms with E-state index in [-0.39, 0.29) is 0 Å². The zero-order valence-electron chi connectivity index (χ0n) is 25.5. The Morgan fingerprint density at radius 1 is 0.615 bits per heavy atom. The molecule has 0 spiro atoms. The SMILES string of the molecule is CCCCCCCCCc1cnc(-c2ccc(OCCC[C@H]3CC[C@H](CCCCCCCC)CC3)cc2)nc1. The lowest BCUT2D eigenvalue weighted by atomic mass is 9.78. The van der Waals surface area contributed by atoms with Gasteiger partial charge in [0.1, 0.15) is 5.75 Å². The zero-order valence-corrected chi connectivity index (χ0v) is 25.5. The van der Waals surface area contributed by atoms with Crippen molar-refractivity contribution in [3.63, 3.8) is 0 Å². The van der Waals surface area contributed by atoms with Crippen LogP contribution in [0.4, 0.5) is 0 Å². The van der Waals surface area contributed by atoms with Crippen LogP contribution in [0.5, 0.6) is 5.75 Å². The van der Waals surface area contributed by atoms with Gasteiger partial charge in [-0.3, -0.25) is 0 Å². The minimum Gasteiger partial charge on any atom is -0.494 e. The average molecular weight is 535 g/mol. The maximum atomic E-state index is 6.07. The number of aryl methyl sites for hydroxylation is 1. The minimum atomic E-state index is 0.803. The van der Waals surface area contributed by atoms with Crippen molar-refractivity contribution in [2.45, 2.75) is 149 Å². The maximum absolute atomic E-state index is 6.07. The predicted octanol–water partition coefficient (Wildman–Crippen LogP) is 11.2. The molecule has 0 saturated heterocycles. The Morgan fingerprint density at radius 3 is 1.72 bits per heavy atom. The van der Waals surface area contributed by atoms with Crippen molar-refractivity contribution < 1.29 is 4.74 Å². The molecule has 39 heavy (non-hydrogen) atoms. The lowest BCUT2D eigenvalue weighted by Gasteiger charge is -2.28. The number of benzene rings is 1. The van der Waals surface area contributed by atoms with Crippen molar-refractivity contribution in [3.8, 4) is 17.1 Å². The van der Waals surface area contributed by atoms with Crippen LogP contribution in [0.3, 0.4) is 0 Å². The highest BCUT2D eigenvalue weighted by Gasteiger charge is 2.20. The number of rotatable bonds is 21. The van der Waals surface area contributed by atoms with Gasteiger partial charge in [-0.1, -0.05) is 123 Å². The number of ether oxygens (including phenoxy) is 1. The van der Waals surface area contributed by atoms with Crippen molar-refractivity contribution in [2.24, 2.45) is 11.8 Å². The number of hydrogen-bond acceptors (Lipinski definition) is 3. The maximum Gasteiger partial charge on any atom is 0.159 e. The monoisotopic (exact) mass is 534 g/mol. The smallest absolute Gasteiger partial charge is 0.159 e. The van der Waals surface area contributed by atoms with Crippen molar-refractivity contribution in [1.82, 2.24) is 9.97 Å². The summed E-state index contributed by atoms with van der Waals surface area (Å²) >= 11 is 0. The first-order valence-electron chi connectivity index (χ1n) is 16.8. The van der Waals surface area contributed by atoms with Gasteiger partial charge in [-0.2, -0.15) is 0 Å². The molecule has 1 saturated carbocycles. The third-order valence-corrected chi connectivity index (χ3v) is 8.84. The molecule has 1 aromatic heterocycles. The number of nitrogens with zero attached hydrogens (tertiary/aromatic N) is 2. The second-order valence-corrected chi connectivity index (χ2v) is 12.2. The highest BCUT2D eigenvalue weighted by Crippen LogP contribution is 2.34. The number of aromatic nitrogens is 2. The van der Waals surface area contributed by atoms with Gasteiger partial charge in [0.05, 0.1) is 6.61 Å². The molecule has 0 aliphatic heterocycles. The van der Waals surface area contributed by atoms with E-state index in [2.05, 4.69) is 48.1 Å². The first-order chi connectivity index (χ1) is 19.3. The quantitative estimate of drug-likeness (QED) is 0.149. The van der Waals surface area contributed by atoms with Crippen molar-refractivity contribution in [2.75, 3.05) is 6.61 Å². The first-order valence-corrected chi connectivity index (χ1v) is 16.8. The lowest BCUT2D eigenvalue weighted by Crippen LogP contribution is -2.15. The fourth-order valence-electron chi connectivity index (χ4n) is 6.20. The molecule has 3 nitrogen and oxygen atoms in total. The Labute approximate surface area is 241 Å². The van der Waals surface area contributed by atoms with Crippen LogP contribution in [0.2, 0.25) is 0 Å². The van der Waals surface area contributed by atoms with Gasteiger partial charge in [0, 0.05) is 18.0 Å². The molecule has 218 valence electrons. The van der Waals surface area contributed by atoms with Crippen LogP contribution < -0.4 is 4.74 Å². The van der Waals surface area contributed by atoms with Gasteiger partial charge in [0.2, 0.25) is 0 Å². The van der Waals surface area contributed by atoms with Crippen LogP contribution in [0, 0.1) is 11.8 Å². The van der Waals surface area contributed by atoms with E-state index >= 15 is 0 Å². The Morgan fingerprint density at radius 2 is 1.13 bits per heavy atom. The molecule has 2 aromatic rings. The summed E-state index contributed by atoms with van der Waals surface area (Å²) in [6.45, 7) is 5.39. The van der Waals surface area contributed by atoms with Crippen LogP contribution >= 0.6 is 0 Å². The summed E-state index contributed by atoms with van der Waals surface area (Å²) in [6, 6.07) is 8.31. The van der Waals surface area contributed by atoms with Crippen LogP contribution in [0.15, 0.2) is 36.7 Å². The molecule has 0 bridgehead atoms. The van der Waals surface area contributed by atoms with Crippen LogP contribution in [0.25, 0.3) is 11.4 Å². The van der Waals surface area contributed by atoms with Crippen molar-refractivity contribution >= 4 is 0 Å². The highest BCUT2D eigenvalue weighted by atomic mass is 16.5. The van der Waals surface area contributed by atoms with Crippen LogP contribution in [0.1, 0.15) is 148 Å². The van der Waals surface area contributed by atoms with E-state index in [1.54, 1.807) is 0 Å². The Bertz CT molecular complexity index is 839. The van der Waals surface area contributed by atoms with E-state index in [4.69, 9.17) is 4.74 Å². The Hall–Kier alpha value is -1.90. The van der Waals surface area contributed by atoms with Crippen LogP contribution in [-0.4, -0.2) is 16.6 Å². The van der Waals surface area contributed by atoms with E-state index in [0.29, 0.717) is 0 Å². The largest absolute Gasteiger partial charge is 0.494 e. The molecule has 3 heteroatoms. The summed E-state index contributed by atoms with van der Waals surface area (Å²) in [5.74, 6) is 3.68. The van der Waals surface area contributed by atoms with Crippen LogP contribution in [-0.2, 0) is 6.42 Å². The molecule has 1 fully saturated rings. The van der Waals surface area contributed by atoms with E-state index < -0.39 is 0 Å². The normalized spacial score (nSPS) is 17.4. The second-order valence-electron chi connectivity index (χ2n) is 12.2. The third kappa shape index (κ3) is 13.3. The minimum absolute atomic E-state index is 0.803. The molecule has 1 aliphatic rings. The average Bonchev–Trinajstić information content (AvgIpc) is 2.98.